The molecule has 1 fully saturated rings. The maximum Gasteiger partial charge on any atom is 0.307 e. The summed E-state index contributed by atoms with van der Waals surface area (Å²) in [7, 11) is 1.33. The molecule has 1 atom stereocenters. The normalized spacial score (nSPS) is 18.4. The summed E-state index contributed by atoms with van der Waals surface area (Å²) < 4.78 is 18.6. The van der Waals surface area contributed by atoms with Crippen molar-refractivity contribution in [1.82, 2.24) is 4.90 Å². The SMILES string of the molecule is COC(=O)CC1CCCCN1C(=O)c1ccc(Br)c(F)c1. The van der Waals surface area contributed by atoms with Gasteiger partial charge in [0, 0.05) is 18.2 Å². The summed E-state index contributed by atoms with van der Waals surface area (Å²) >= 11 is 3.07. The minimum absolute atomic E-state index is 0.176. The van der Waals surface area contributed by atoms with E-state index in [1.807, 2.05) is 0 Å². The van der Waals surface area contributed by atoms with Crippen LogP contribution < -0.4 is 0 Å². The van der Waals surface area contributed by atoms with Crippen LogP contribution in [-0.2, 0) is 9.53 Å². The number of esters is 1. The van der Waals surface area contributed by atoms with Crippen molar-refractivity contribution in [2.45, 2.75) is 31.7 Å². The number of methoxy groups -OCH3 is 1. The predicted octanol–water partition coefficient (Wildman–Crippen LogP) is 3.15. The monoisotopic (exact) mass is 357 g/mol. The van der Waals surface area contributed by atoms with Gasteiger partial charge < -0.3 is 9.64 Å². The molecule has 0 saturated carbocycles. The van der Waals surface area contributed by atoms with Gasteiger partial charge in [-0.3, -0.25) is 9.59 Å². The zero-order chi connectivity index (χ0) is 15.4. The van der Waals surface area contributed by atoms with Crippen LogP contribution in [0.5, 0.6) is 0 Å². The van der Waals surface area contributed by atoms with E-state index in [0.717, 1.165) is 19.3 Å². The first-order chi connectivity index (χ1) is 10.0. The van der Waals surface area contributed by atoms with E-state index in [1.54, 1.807) is 11.0 Å². The second-order valence-electron chi connectivity index (χ2n) is 5.06. The van der Waals surface area contributed by atoms with E-state index in [2.05, 4.69) is 20.7 Å². The quantitative estimate of drug-likeness (QED) is 0.780. The molecule has 1 amide bonds. The van der Waals surface area contributed by atoms with Crippen LogP contribution in [0.15, 0.2) is 22.7 Å². The van der Waals surface area contributed by atoms with E-state index in [4.69, 9.17) is 0 Å². The number of piperidine rings is 1. The van der Waals surface area contributed by atoms with E-state index >= 15 is 0 Å². The van der Waals surface area contributed by atoms with Crippen molar-refractivity contribution < 1.29 is 18.7 Å². The van der Waals surface area contributed by atoms with E-state index in [1.165, 1.54) is 19.2 Å². The van der Waals surface area contributed by atoms with Crippen molar-refractivity contribution in [2.24, 2.45) is 0 Å². The lowest BCUT2D eigenvalue weighted by molar-refractivity contribution is -0.142. The van der Waals surface area contributed by atoms with Gasteiger partial charge in [0.1, 0.15) is 5.82 Å². The molecule has 1 aromatic rings. The van der Waals surface area contributed by atoms with E-state index in [-0.39, 0.29) is 24.3 Å². The standard InChI is InChI=1S/C15H17BrFNO3/c1-21-14(19)9-11-4-2-3-7-18(11)15(20)10-5-6-12(16)13(17)8-10/h5-6,8,11H,2-4,7,9H2,1H3. The largest absolute Gasteiger partial charge is 0.469 e. The van der Waals surface area contributed by atoms with Gasteiger partial charge in [0.2, 0.25) is 0 Å². The molecule has 1 unspecified atom stereocenters. The zero-order valence-electron chi connectivity index (χ0n) is 11.8. The number of rotatable bonds is 3. The van der Waals surface area contributed by atoms with Gasteiger partial charge in [0.25, 0.3) is 5.91 Å². The van der Waals surface area contributed by atoms with Gasteiger partial charge in [0.05, 0.1) is 18.0 Å². The number of hydrogen-bond acceptors (Lipinski definition) is 3. The van der Waals surface area contributed by atoms with Crippen molar-refractivity contribution in [3.05, 3.63) is 34.1 Å². The van der Waals surface area contributed by atoms with Gasteiger partial charge in [-0.2, -0.15) is 0 Å². The molecule has 6 heteroatoms. The van der Waals surface area contributed by atoms with Crippen molar-refractivity contribution in [3.8, 4) is 0 Å². The molecule has 21 heavy (non-hydrogen) atoms. The smallest absolute Gasteiger partial charge is 0.307 e. The van der Waals surface area contributed by atoms with Crippen LogP contribution >= 0.6 is 15.9 Å². The first-order valence-corrected chi connectivity index (χ1v) is 7.65. The van der Waals surface area contributed by atoms with Crippen LogP contribution in [-0.4, -0.2) is 36.5 Å². The Morgan fingerprint density at radius 3 is 2.86 bits per heavy atom. The van der Waals surface area contributed by atoms with Gasteiger partial charge >= 0.3 is 5.97 Å². The number of carbonyl (C=O) groups excluding carboxylic acids is 2. The highest BCUT2D eigenvalue weighted by Gasteiger charge is 2.29. The van der Waals surface area contributed by atoms with E-state index in [0.29, 0.717) is 16.6 Å². The molecule has 114 valence electrons. The van der Waals surface area contributed by atoms with Crippen LogP contribution in [0.4, 0.5) is 4.39 Å². The van der Waals surface area contributed by atoms with Crippen LogP contribution in [0.1, 0.15) is 36.0 Å². The molecular formula is C15H17BrFNO3. The first-order valence-electron chi connectivity index (χ1n) is 6.85. The van der Waals surface area contributed by atoms with Crippen LogP contribution in [0.2, 0.25) is 0 Å². The Kier molecular flexibility index (Phi) is 5.33. The highest BCUT2D eigenvalue weighted by Crippen LogP contribution is 2.24. The molecular weight excluding hydrogens is 341 g/mol. The average Bonchev–Trinajstić information content (AvgIpc) is 2.49. The lowest BCUT2D eigenvalue weighted by atomic mass is 9.98. The molecule has 0 bridgehead atoms. The Hall–Kier alpha value is -1.43. The fraction of sp³-hybridized carbons (Fsp3) is 0.467. The summed E-state index contributed by atoms with van der Waals surface area (Å²) in [6.45, 7) is 0.582. The number of halogens is 2. The van der Waals surface area contributed by atoms with Crippen molar-refractivity contribution in [1.29, 1.82) is 0 Å². The highest BCUT2D eigenvalue weighted by atomic mass is 79.9. The summed E-state index contributed by atoms with van der Waals surface area (Å²) in [6, 6.07) is 4.14. The summed E-state index contributed by atoms with van der Waals surface area (Å²) in [5.74, 6) is -1.04. The van der Waals surface area contributed by atoms with Gasteiger partial charge in [-0.25, -0.2) is 4.39 Å². The minimum Gasteiger partial charge on any atom is -0.469 e. The Labute approximate surface area is 131 Å². The molecule has 1 saturated heterocycles. The second-order valence-corrected chi connectivity index (χ2v) is 5.91. The molecule has 0 spiro atoms. The number of hydrogen-bond donors (Lipinski definition) is 0. The molecule has 2 rings (SSSR count). The third-order valence-electron chi connectivity index (χ3n) is 3.68. The maximum atomic E-state index is 13.6. The number of nitrogens with zero attached hydrogens (tertiary/aromatic N) is 1. The number of amides is 1. The molecule has 0 radical (unpaired) electrons. The zero-order valence-corrected chi connectivity index (χ0v) is 13.4. The third kappa shape index (κ3) is 3.81. The topological polar surface area (TPSA) is 46.6 Å². The van der Waals surface area contributed by atoms with Gasteiger partial charge in [-0.15, -0.1) is 0 Å². The van der Waals surface area contributed by atoms with Gasteiger partial charge in [-0.05, 0) is 53.4 Å². The predicted molar refractivity (Wildman–Crippen MR) is 79.4 cm³/mol. The van der Waals surface area contributed by atoms with E-state index in [9.17, 15) is 14.0 Å². The third-order valence-corrected chi connectivity index (χ3v) is 4.33. The van der Waals surface area contributed by atoms with Gasteiger partial charge in [-0.1, -0.05) is 0 Å². The molecule has 1 aliphatic heterocycles. The Balaban J connectivity index is 2.17. The van der Waals surface area contributed by atoms with Crippen LogP contribution in [0.25, 0.3) is 0 Å². The average molecular weight is 358 g/mol. The van der Waals surface area contributed by atoms with Crippen LogP contribution in [0, 0.1) is 5.82 Å². The van der Waals surface area contributed by atoms with Gasteiger partial charge in [0.15, 0.2) is 0 Å². The fourth-order valence-electron chi connectivity index (χ4n) is 2.55. The summed E-state index contributed by atoms with van der Waals surface area (Å²) in [4.78, 5) is 25.6. The Morgan fingerprint density at radius 1 is 1.43 bits per heavy atom. The summed E-state index contributed by atoms with van der Waals surface area (Å²) in [6.07, 6.45) is 2.81. The van der Waals surface area contributed by atoms with Crippen molar-refractivity contribution in [2.75, 3.05) is 13.7 Å². The molecule has 1 heterocycles. The number of likely N-dealkylation sites (tertiary alicyclic amines) is 1. The molecule has 0 aliphatic carbocycles. The maximum absolute atomic E-state index is 13.6. The minimum atomic E-state index is -0.470. The van der Waals surface area contributed by atoms with E-state index < -0.39 is 5.82 Å². The molecule has 1 aliphatic rings. The lowest BCUT2D eigenvalue weighted by Crippen LogP contribution is -2.44. The highest BCUT2D eigenvalue weighted by molar-refractivity contribution is 9.10. The first kappa shape index (κ1) is 15.9. The van der Waals surface area contributed by atoms with Crippen molar-refractivity contribution in [3.63, 3.8) is 0 Å². The summed E-state index contributed by atoms with van der Waals surface area (Å²) in [5.41, 5.74) is 0.299. The molecule has 4 nitrogen and oxygen atoms in total. The second kappa shape index (κ2) is 7.02. The number of ether oxygens (including phenoxy) is 1. The Morgan fingerprint density at radius 2 is 2.19 bits per heavy atom. The summed E-state index contributed by atoms with van der Waals surface area (Å²) in [5, 5.41) is 0. The molecule has 0 aromatic heterocycles. The molecule has 1 aromatic carbocycles. The van der Waals surface area contributed by atoms with Crippen molar-refractivity contribution >= 4 is 27.8 Å². The number of carbonyl (C=O) groups is 2. The number of benzene rings is 1. The lowest BCUT2D eigenvalue weighted by Gasteiger charge is -2.35. The Bertz CT molecular complexity index is 550. The fourth-order valence-corrected chi connectivity index (χ4v) is 2.80. The molecule has 0 N–H and O–H groups in total. The van der Waals surface area contributed by atoms with Crippen LogP contribution in [0.3, 0.4) is 0 Å².